The van der Waals surface area contributed by atoms with Gasteiger partial charge in [-0.3, -0.25) is 0 Å². The topological polar surface area (TPSA) is 32.3 Å². The molecule has 2 aliphatic rings. The van der Waals surface area contributed by atoms with Gasteiger partial charge in [0.1, 0.15) is 0 Å². The van der Waals surface area contributed by atoms with Crippen molar-refractivity contribution in [2.75, 3.05) is 13.1 Å². The Kier molecular flexibility index (Phi) is 0.866. The molecule has 1 saturated carbocycles. The predicted octanol–water partition coefficient (Wildman–Crippen LogP) is -0.413. The standard InChI is InChI=1S/C6H11NO/c8-6-4-1-2-7-3-5(4)6/h4-8H,1-3H2. The summed E-state index contributed by atoms with van der Waals surface area (Å²) in [4.78, 5) is 0. The van der Waals surface area contributed by atoms with Crippen LogP contribution in [0, 0.1) is 11.8 Å². The van der Waals surface area contributed by atoms with Crippen LogP contribution in [0.5, 0.6) is 0 Å². The predicted molar refractivity (Wildman–Crippen MR) is 30.5 cm³/mol. The van der Waals surface area contributed by atoms with Crippen molar-refractivity contribution in [1.29, 1.82) is 0 Å². The molecule has 2 nitrogen and oxygen atoms in total. The minimum Gasteiger partial charge on any atom is -0.392 e. The van der Waals surface area contributed by atoms with E-state index < -0.39 is 0 Å². The van der Waals surface area contributed by atoms with Crippen molar-refractivity contribution < 1.29 is 5.11 Å². The number of piperidine rings is 1. The highest BCUT2D eigenvalue weighted by atomic mass is 16.3. The van der Waals surface area contributed by atoms with Gasteiger partial charge in [-0.25, -0.2) is 0 Å². The lowest BCUT2D eigenvalue weighted by atomic mass is 10.2. The zero-order chi connectivity index (χ0) is 5.56. The average Bonchev–Trinajstić information content (AvgIpc) is 2.46. The van der Waals surface area contributed by atoms with Gasteiger partial charge in [0.2, 0.25) is 0 Å². The molecule has 1 aliphatic carbocycles. The first-order valence-electron chi connectivity index (χ1n) is 3.28. The van der Waals surface area contributed by atoms with Crippen LogP contribution in [0.15, 0.2) is 0 Å². The van der Waals surface area contributed by atoms with Gasteiger partial charge < -0.3 is 10.4 Å². The van der Waals surface area contributed by atoms with Crippen LogP contribution in [-0.4, -0.2) is 24.3 Å². The molecule has 8 heavy (non-hydrogen) atoms. The summed E-state index contributed by atoms with van der Waals surface area (Å²) in [6.07, 6.45) is 1.23. The molecule has 3 atom stereocenters. The summed E-state index contributed by atoms with van der Waals surface area (Å²) >= 11 is 0. The lowest BCUT2D eigenvalue weighted by Gasteiger charge is -2.07. The van der Waals surface area contributed by atoms with Crippen LogP contribution in [0.25, 0.3) is 0 Å². The van der Waals surface area contributed by atoms with Crippen LogP contribution in [-0.2, 0) is 0 Å². The minimum atomic E-state index is 0.0463. The number of hydrogen-bond donors (Lipinski definition) is 2. The van der Waals surface area contributed by atoms with E-state index in [9.17, 15) is 0 Å². The van der Waals surface area contributed by atoms with Gasteiger partial charge in [0.05, 0.1) is 6.10 Å². The quantitative estimate of drug-likeness (QED) is 0.447. The highest BCUT2D eigenvalue weighted by molar-refractivity contribution is 5.01. The Bertz CT molecular complexity index is 92.7. The van der Waals surface area contributed by atoms with Gasteiger partial charge in [0, 0.05) is 12.5 Å². The molecule has 46 valence electrons. The summed E-state index contributed by atoms with van der Waals surface area (Å²) < 4.78 is 0. The maximum Gasteiger partial charge on any atom is 0.0616 e. The molecule has 1 aliphatic heterocycles. The molecule has 2 rings (SSSR count). The molecule has 0 aromatic carbocycles. The summed E-state index contributed by atoms with van der Waals surface area (Å²) in [6, 6.07) is 0. The van der Waals surface area contributed by atoms with E-state index in [1.54, 1.807) is 0 Å². The molecule has 0 aromatic rings. The van der Waals surface area contributed by atoms with Crippen molar-refractivity contribution >= 4 is 0 Å². The summed E-state index contributed by atoms with van der Waals surface area (Å²) in [5.41, 5.74) is 0. The van der Waals surface area contributed by atoms with Crippen LogP contribution in [0.3, 0.4) is 0 Å². The largest absolute Gasteiger partial charge is 0.392 e. The molecule has 1 saturated heterocycles. The van der Waals surface area contributed by atoms with Crippen molar-refractivity contribution in [2.24, 2.45) is 11.8 Å². The monoisotopic (exact) mass is 113 g/mol. The van der Waals surface area contributed by atoms with Gasteiger partial charge in [-0.1, -0.05) is 0 Å². The van der Waals surface area contributed by atoms with Crippen molar-refractivity contribution in [1.82, 2.24) is 5.32 Å². The lowest BCUT2D eigenvalue weighted by Crippen LogP contribution is -2.23. The van der Waals surface area contributed by atoms with E-state index in [1.165, 1.54) is 6.42 Å². The van der Waals surface area contributed by atoms with Crippen molar-refractivity contribution in [3.63, 3.8) is 0 Å². The Morgan fingerprint density at radius 2 is 2.25 bits per heavy atom. The third-order valence-corrected chi connectivity index (χ3v) is 2.32. The molecule has 2 fully saturated rings. The molecule has 1 heterocycles. The fraction of sp³-hybridized carbons (Fsp3) is 1.00. The molecular weight excluding hydrogens is 102 g/mol. The summed E-state index contributed by atoms with van der Waals surface area (Å²) in [5, 5.41) is 12.3. The number of aliphatic hydroxyl groups is 1. The van der Waals surface area contributed by atoms with Crippen LogP contribution in [0.2, 0.25) is 0 Å². The Morgan fingerprint density at radius 1 is 1.38 bits per heavy atom. The maximum atomic E-state index is 9.09. The first kappa shape index (κ1) is 4.77. The number of nitrogens with one attached hydrogen (secondary N) is 1. The van der Waals surface area contributed by atoms with Crippen molar-refractivity contribution in [2.45, 2.75) is 12.5 Å². The highest BCUT2D eigenvalue weighted by Crippen LogP contribution is 2.42. The van der Waals surface area contributed by atoms with Gasteiger partial charge in [-0.2, -0.15) is 0 Å². The average molecular weight is 113 g/mol. The van der Waals surface area contributed by atoms with Crippen molar-refractivity contribution in [3.05, 3.63) is 0 Å². The second-order valence-electron chi connectivity index (χ2n) is 2.81. The molecular formula is C6H11NO. The third-order valence-electron chi connectivity index (χ3n) is 2.32. The SMILES string of the molecule is OC1C2CCNCC12. The lowest BCUT2D eigenvalue weighted by molar-refractivity contribution is 0.250. The number of aliphatic hydroxyl groups excluding tert-OH is 1. The number of hydrogen-bond acceptors (Lipinski definition) is 2. The van der Waals surface area contributed by atoms with Crippen LogP contribution in [0.4, 0.5) is 0 Å². The molecule has 0 aromatic heterocycles. The van der Waals surface area contributed by atoms with E-state index in [2.05, 4.69) is 5.32 Å². The van der Waals surface area contributed by atoms with E-state index in [0.717, 1.165) is 13.1 Å². The molecule has 0 radical (unpaired) electrons. The maximum absolute atomic E-state index is 9.09. The fourth-order valence-electron chi connectivity index (χ4n) is 1.62. The van der Waals surface area contributed by atoms with E-state index in [1.807, 2.05) is 0 Å². The Morgan fingerprint density at radius 3 is 2.75 bits per heavy atom. The normalized spacial score (nSPS) is 52.9. The molecule has 0 amide bonds. The molecule has 3 unspecified atom stereocenters. The second kappa shape index (κ2) is 1.45. The van der Waals surface area contributed by atoms with Crippen LogP contribution < -0.4 is 5.32 Å². The van der Waals surface area contributed by atoms with Gasteiger partial charge in [-0.15, -0.1) is 0 Å². The molecule has 0 bridgehead atoms. The first-order chi connectivity index (χ1) is 3.89. The summed E-state index contributed by atoms with van der Waals surface area (Å²) in [5.74, 6) is 1.28. The zero-order valence-electron chi connectivity index (χ0n) is 4.80. The first-order valence-corrected chi connectivity index (χ1v) is 3.28. The molecule has 0 spiro atoms. The fourth-order valence-corrected chi connectivity index (χ4v) is 1.62. The van der Waals surface area contributed by atoms with E-state index >= 15 is 0 Å². The second-order valence-corrected chi connectivity index (χ2v) is 2.81. The van der Waals surface area contributed by atoms with Gasteiger partial charge in [0.15, 0.2) is 0 Å². The van der Waals surface area contributed by atoms with E-state index in [-0.39, 0.29) is 6.10 Å². The number of fused-ring (bicyclic) bond motifs is 1. The molecule has 2 heteroatoms. The van der Waals surface area contributed by atoms with Gasteiger partial charge >= 0.3 is 0 Å². The van der Waals surface area contributed by atoms with E-state index in [0.29, 0.717) is 11.8 Å². The van der Waals surface area contributed by atoms with Crippen molar-refractivity contribution in [3.8, 4) is 0 Å². The smallest absolute Gasteiger partial charge is 0.0616 e. The summed E-state index contributed by atoms with van der Waals surface area (Å²) in [7, 11) is 0. The Balaban J connectivity index is 1.97. The van der Waals surface area contributed by atoms with E-state index in [4.69, 9.17) is 5.11 Å². The minimum absolute atomic E-state index is 0.0463. The zero-order valence-corrected chi connectivity index (χ0v) is 4.80. The van der Waals surface area contributed by atoms with Crippen LogP contribution in [0.1, 0.15) is 6.42 Å². The Labute approximate surface area is 48.9 Å². The van der Waals surface area contributed by atoms with Gasteiger partial charge in [0.25, 0.3) is 0 Å². The Hall–Kier alpha value is -0.0800. The summed E-state index contributed by atoms with van der Waals surface area (Å²) in [6.45, 7) is 2.16. The van der Waals surface area contributed by atoms with Gasteiger partial charge in [-0.05, 0) is 18.9 Å². The van der Waals surface area contributed by atoms with Crippen LogP contribution >= 0.6 is 0 Å². The third kappa shape index (κ3) is 0.501. The highest BCUT2D eigenvalue weighted by Gasteiger charge is 2.49. The number of rotatable bonds is 0. The molecule has 2 N–H and O–H groups in total.